The third-order valence-corrected chi connectivity index (χ3v) is 3.24. The fraction of sp³-hybridized carbons (Fsp3) is 0.846. The van der Waals surface area contributed by atoms with E-state index in [1.165, 1.54) is 6.92 Å². The number of carbonyl (C=O) groups is 2. The summed E-state index contributed by atoms with van der Waals surface area (Å²) in [7, 11) is 0. The number of aliphatic carboxylic acids is 1. The lowest BCUT2D eigenvalue weighted by Gasteiger charge is -2.30. The Morgan fingerprint density at radius 2 is 2.00 bits per heavy atom. The maximum atomic E-state index is 11.2. The third-order valence-electron chi connectivity index (χ3n) is 3.24. The molecule has 0 aromatic heterocycles. The van der Waals surface area contributed by atoms with Gasteiger partial charge in [-0.25, -0.2) is 0 Å². The minimum atomic E-state index is -0.820. The lowest BCUT2D eigenvalue weighted by Crippen LogP contribution is -2.44. The highest BCUT2D eigenvalue weighted by Crippen LogP contribution is 2.03. The number of carboxylic acids is 1. The van der Waals surface area contributed by atoms with Gasteiger partial charge in [0.25, 0.3) is 0 Å². The summed E-state index contributed by atoms with van der Waals surface area (Å²) in [6, 6.07) is 0. The average Bonchev–Trinajstić information content (AvgIpc) is 2.36. The Bertz CT molecular complexity index is 303. The van der Waals surface area contributed by atoms with Crippen LogP contribution in [0.15, 0.2) is 0 Å². The van der Waals surface area contributed by atoms with Crippen LogP contribution in [-0.4, -0.2) is 79.1 Å². The largest absolute Gasteiger partial charge is 0.481 e. The Morgan fingerprint density at radius 3 is 2.53 bits per heavy atom. The van der Waals surface area contributed by atoms with Crippen molar-refractivity contribution < 1.29 is 19.4 Å². The van der Waals surface area contributed by atoms with E-state index in [9.17, 15) is 9.59 Å². The molecule has 0 amide bonds. The first kappa shape index (κ1) is 16.1. The van der Waals surface area contributed by atoms with Gasteiger partial charge in [0.15, 0.2) is 0 Å². The first-order valence-corrected chi connectivity index (χ1v) is 6.73. The van der Waals surface area contributed by atoms with Crippen molar-refractivity contribution in [1.82, 2.24) is 9.80 Å². The molecule has 0 saturated carbocycles. The number of carbonyl (C=O) groups excluding carboxylic acids is 1. The van der Waals surface area contributed by atoms with E-state index in [0.717, 1.165) is 39.4 Å². The van der Waals surface area contributed by atoms with Crippen LogP contribution in [0.4, 0.5) is 0 Å². The second-order valence-electron chi connectivity index (χ2n) is 5.13. The number of Topliss-reactive ketones (excluding diaryl/α,β-unsaturated/α-hetero) is 1. The molecule has 1 unspecified atom stereocenters. The molecular weight excluding hydrogens is 248 g/mol. The van der Waals surface area contributed by atoms with Gasteiger partial charge in [-0.05, 0) is 6.92 Å². The highest BCUT2D eigenvalue weighted by Gasteiger charge is 2.18. The Kier molecular flexibility index (Phi) is 6.97. The molecule has 0 aliphatic carbocycles. The van der Waals surface area contributed by atoms with Crippen LogP contribution in [-0.2, 0) is 14.3 Å². The number of nitrogens with zero attached hydrogens (tertiary/aromatic N) is 2. The number of hydrogen-bond acceptors (Lipinski definition) is 5. The van der Waals surface area contributed by atoms with Gasteiger partial charge in [0.2, 0.25) is 0 Å². The summed E-state index contributed by atoms with van der Waals surface area (Å²) in [5, 5.41) is 8.94. The van der Waals surface area contributed by atoms with Gasteiger partial charge in [-0.2, -0.15) is 0 Å². The maximum absolute atomic E-state index is 11.2. The first-order valence-electron chi connectivity index (χ1n) is 6.73. The summed E-state index contributed by atoms with van der Waals surface area (Å²) in [4.78, 5) is 26.3. The van der Waals surface area contributed by atoms with Gasteiger partial charge in [-0.1, -0.05) is 6.92 Å². The smallest absolute Gasteiger partial charge is 0.307 e. The Hall–Kier alpha value is -0.980. The van der Waals surface area contributed by atoms with Crippen molar-refractivity contribution in [2.24, 2.45) is 5.92 Å². The number of hydrogen-bond donors (Lipinski definition) is 1. The summed E-state index contributed by atoms with van der Waals surface area (Å²) < 4.78 is 5.28. The van der Waals surface area contributed by atoms with Crippen LogP contribution >= 0.6 is 0 Å². The molecular formula is C13H24N2O4. The second-order valence-corrected chi connectivity index (χ2v) is 5.13. The topological polar surface area (TPSA) is 70.1 Å². The Balaban J connectivity index is 2.39. The van der Waals surface area contributed by atoms with Gasteiger partial charge in [-0.3, -0.25) is 19.4 Å². The molecule has 110 valence electrons. The van der Waals surface area contributed by atoms with E-state index in [4.69, 9.17) is 9.84 Å². The number of morpholine rings is 1. The summed E-state index contributed by atoms with van der Waals surface area (Å²) in [5.41, 5.74) is 0. The number of rotatable bonds is 8. The van der Waals surface area contributed by atoms with Gasteiger partial charge in [0.1, 0.15) is 5.78 Å². The lowest BCUT2D eigenvalue weighted by atomic mass is 10.1. The Morgan fingerprint density at radius 1 is 1.37 bits per heavy atom. The van der Waals surface area contributed by atoms with Gasteiger partial charge < -0.3 is 9.84 Å². The molecule has 1 saturated heterocycles. The number of ketones is 1. The highest BCUT2D eigenvalue weighted by atomic mass is 16.5. The normalized spacial score (nSPS) is 18.5. The van der Waals surface area contributed by atoms with Crippen molar-refractivity contribution in [2.45, 2.75) is 13.8 Å². The molecule has 1 heterocycles. The zero-order valence-corrected chi connectivity index (χ0v) is 11.8. The van der Waals surface area contributed by atoms with Gasteiger partial charge in [-0.15, -0.1) is 0 Å². The molecule has 1 N–H and O–H groups in total. The first-order chi connectivity index (χ1) is 8.99. The predicted molar refractivity (Wildman–Crippen MR) is 71.2 cm³/mol. The summed E-state index contributed by atoms with van der Waals surface area (Å²) in [6.45, 7) is 8.82. The van der Waals surface area contributed by atoms with Crippen molar-refractivity contribution >= 4 is 11.8 Å². The fourth-order valence-electron chi connectivity index (χ4n) is 2.12. The van der Waals surface area contributed by atoms with Crippen LogP contribution in [0.1, 0.15) is 13.8 Å². The SMILES string of the molecule is CC(=O)CN(CCN1CCOCC1)CC(C)C(=O)O. The molecule has 1 atom stereocenters. The van der Waals surface area contributed by atoms with E-state index in [2.05, 4.69) is 4.90 Å². The molecule has 0 bridgehead atoms. The van der Waals surface area contributed by atoms with Crippen molar-refractivity contribution in [3.63, 3.8) is 0 Å². The van der Waals surface area contributed by atoms with Crippen molar-refractivity contribution in [2.75, 3.05) is 52.5 Å². The highest BCUT2D eigenvalue weighted by molar-refractivity contribution is 5.77. The van der Waals surface area contributed by atoms with Gasteiger partial charge >= 0.3 is 5.97 Å². The molecule has 0 aromatic rings. The van der Waals surface area contributed by atoms with E-state index in [0.29, 0.717) is 13.1 Å². The molecule has 1 fully saturated rings. The van der Waals surface area contributed by atoms with Gasteiger partial charge in [0, 0.05) is 32.7 Å². The molecule has 6 heteroatoms. The quantitative estimate of drug-likeness (QED) is 0.667. The number of carboxylic acid groups (broad SMARTS) is 1. The lowest BCUT2D eigenvalue weighted by molar-refractivity contribution is -0.142. The zero-order valence-electron chi connectivity index (χ0n) is 11.8. The van der Waals surface area contributed by atoms with Gasteiger partial charge in [0.05, 0.1) is 25.7 Å². The monoisotopic (exact) mass is 272 g/mol. The van der Waals surface area contributed by atoms with E-state index < -0.39 is 11.9 Å². The minimum absolute atomic E-state index is 0.0690. The van der Waals surface area contributed by atoms with Crippen LogP contribution in [0, 0.1) is 5.92 Å². The van der Waals surface area contributed by atoms with Crippen molar-refractivity contribution in [1.29, 1.82) is 0 Å². The van der Waals surface area contributed by atoms with Crippen LogP contribution in [0.5, 0.6) is 0 Å². The fourth-order valence-corrected chi connectivity index (χ4v) is 2.12. The van der Waals surface area contributed by atoms with E-state index in [1.54, 1.807) is 6.92 Å². The summed E-state index contributed by atoms with van der Waals surface area (Å²) >= 11 is 0. The van der Waals surface area contributed by atoms with Crippen LogP contribution in [0.25, 0.3) is 0 Å². The molecule has 1 rings (SSSR count). The summed E-state index contributed by atoms with van der Waals surface area (Å²) in [6.07, 6.45) is 0. The van der Waals surface area contributed by atoms with E-state index in [-0.39, 0.29) is 5.78 Å². The van der Waals surface area contributed by atoms with Crippen molar-refractivity contribution in [3.05, 3.63) is 0 Å². The van der Waals surface area contributed by atoms with Crippen LogP contribution < -0.4 is 0 Å². The summed E-state index contributed by atoms with van der Waals surface area (Å²) in [5.74, 6) is -1.21. The zero-order chi connectivity index (χ0) is 14.3. The third kappa shape index (κ3) is 6.66. The molecule has 6 nitrogen and oxygen atoms in total. The minimum Gasteiger partial charge on any atom is -0.481 e. The molecule has 0 spiro atoms. The Labute approximate surface area is 114 Å². The van der Waals surface area contributed by atoms with Crippen LogP contribution in [0.3, 0.4) is 0 Å². The molecule has 1 aliphatic rings. The molecule has 1 aliphatic heterocycles. The maximum Gasteiger partial charge on any atom is 0.307 e. The van der Waals surface area contributed by atoms with E-state index in [1.807, 2.05) is 4.90 Å². The standard InChI is InChI=1S/C13H24N2O4/c1-11(13(17)18)9-15(10-12(2)16)4-3-14-5-7-19-8-6-14/h11H,3-10H2,1-2H3,(H,17,18). The van der Waals surface area contributed by atoms with Crippen LogP contribution in [0.2, 0.25) is 0 Å². The van der Waals surface area contributed by atoms with E-state index >= 15 is 0 Å². The number of ether oxygens (including phenoxy) is 1. The molecule has 0 radical (unpaired) electrons. The second kappa shape index (κ2) is 8.24. The molecule has 19 heavy (non-hydrogen) atoms. The average molecular weight is 272 g/mol. The predicted octanol–water partition coefficient (Wildman–Crippen LogP) is -0.0697. The van der Waals surface area contributed by atoms with Crippen molar-refractivity contribution in [3.8, 4) is 0 Å². The molecule has 0 aromatic carbocycles.